The summed E-state index contributed by atoms with van der Waals surface area (Å²) in [6, 6.07) is 25.1. The van der Waals surface area contributed by atoms with Gasteiger partial charge >= 0.3 is 0 Å². The molecule has 0 spiro atoms. The second-order valence-corrected chi connectivity index (χ2v) is 8.43. The van der Waals surface area contributed by atoms with Crippen molar-refractivity contribution in [3.05, 3.63) is 102 Å². The number of carbonyl (C=O) groups is 3. The molecule has 1 aliphatic rings. The van der Waals surface area contributed by atoms with Crippen LogP contribution < -0.4 is 10.2 Å². The third-order valence-corrected chi connectivity index (χ3v) is 6.35. The molecule has 3 heterocycles. The number of aromatic nitrogens is 2. The molecule has 2 amide bonds. The van der Waals surface area contributed by atoms with Crippen molar-refractivity contribution >= 4 is 50.9 Å². The fraction of sp³-hybridized carbons (Fsp3) is 0.0714. The average molecular weight is 460 g/mol. The Morgan fingerprint density at radius 3 is 2.37 bits per heavy atom. The molecule has 3 aromatic carbocycles. The molecule has 0 aliphatic carbocycles. The molecular weight excluding hydrogens is 440 g/mol. The van der Waals surface area contributed by atoms with Gasteiger partial charge in [0.1, 0.15) is 11.7 Å². The summed E-state index contributed by atoms with van der Waals surface area (Å²) in [5.74, 6) is -0.834. The summed E-state index contributed by atoms with van der Waals surface area (Å²) >= 11 is 0. The molecular formula is C28H20N4O3. The molecule has 1 N–H and O–H groups in total. The van der Waals surface area contributed by atoms with Crippen LogP contribution in [0.4, 0.5) is 11.4 Å². The predicted molar refractivity (Wildman–Crippen MR) is 134 cm³/mol. The second-order valence-electron chi connectivity index (χ2n) is 8.43. The number of nitrogens with zero attached hydrogens (tertiary/aromatic N) is 3. The van der Waals surface area contributed by atoms with E-state index in [2.05, 4.69) is 10.3 Å². The quantitative estimate of drug-likeness (QED) is 0.411. The van der Waals surface area contributed by atoms with Crippen molar-refractivity contribution < 1.29 is 14.4 Å². The zero-order valence-corrected chi connectivity index (χ0v) is 18.8. The summed E-state index contributed by atoms with van der Waals surface area (Å²) in [4.78, 5) is 45.0. The number of hydrogen-bond acceptors (Lipinski definition) is 4. The van der Waals surface area contributed by atoms with Gasteiger partial charge in [0.2, 0.25) is 5.91 Å². The first kappa shape index (κ1) is 20.8. The molecule has 0 fully saturated rings. The van der Waals surface area contributed by atoms with Crippen LogP contribution in [0, 0.1) is 0 Å². The van der Waals surface area contributed by atoms with Crippen LogP contribution in [0.5, 0.6) is 0 Å². The van der Waals surface area contributed by atoms with Crippen LogP contribution in [0.15, 0.2) is 91.1 Å². The van der Waals surface area contributed by atoms with Gasteiger partial charge < -0.3 is 5.32 Å². The summed E-state index contributed by atoms with van der Waals surface area (Å²) < 4.78 is 1.59. The molecule has 7 nitrogen and oxygen atoms in total. The lowest BCUT2D eigenvalue weighted by Gasteiger charge is -2.18. The Morgan fingerprint density at radius 2 is 1.57 bits per heavy atom. The van der Waals surface area contributed by atoms with Crippen LogP contribution in [0.3, 0.4) is 0 Å². The van der Waals surface area contributed by atoms with Crippen molar-refractivity contribution in [3.8, 4) is 0 Å². The summed E-state index contributed by atoms with van der Waals surface area (Å²) in [7, 11) is 0. The van der Waals surface area contributed by atoms with E-state index in [1.165, 1.54) is 13.1 Å². The summed E-state index contributed by atoms with van der Waals surface area (Å²) in [5.41, 5.74) is 3.76. The number of hydrogen-bond donors (Lipinski definition) is 1. The van der Waals surface area contributed by atoms with E-state index in [1.807, 2.05) is 78.9 Å². The van der Waals surface area contributed by atoms with Gasteiger partial charge in [-0.1, -0.05) is 54.6 Å². The van der Waals surface area contributed by atoms with Crippen molar-refractivity contribution in [3.63, 3.8) is 0 Å². The van der Waals surface area contributed by atoms with Crippen LogP contribution in [-0.4, -0.2) is 27.3 Å². The van der Waals surface area contributed by atoms with Gasteiger partial charge in [0, 0.05) is 28.9 Å². The van der Waals surface area contributed by atoms with Crippen molar-refractivity contribution in [2.24, 2.45) is 0 Å². The fourth-order valence-corrected chi connectivity index (χ4v) is 4.84. The van der Waals surface area contributed by atoms with Crippen LogP contribution in [0.1, 0.15) is 33.8 Å². The normalized spacial score (nSPS) is 14.9. The molecule has 6 rings (SSSR count). The number of pyridine rings is 1. The van der Waals surface area contributed by atoms with Crippen LogP contribution >= 0.6 is 0 Å². The molecule has 1 aliphatic heterocycles. The molecule has 1 unspecified atom stereocenters. The molecule has 170 valence electrons. The number of amides is 2. The second kappa shape index (κ2) is 7.92. The summed E-state index contributed by atoms with van der Waals surface area (Å²) in [6.07, 6.45) is 1.53. The van der Waals surface area contributed by atoms with Gasteiger partial charge in [-0.3, -0.25) is 23.9 Å². The number of anilines is 2. The van der Waals surface area contributed by atoms with Crippen LogP contribution in [0.2, 0.25) is 0 Å². The molecule has 0 bridgehead atoms. The van der Waals surface area contributed by atoms with E-state index < -0.39 is 11.9 Å². The van der Waals surface area contributed by atoms with E-state index in [0.29, 0.717) is 5.52 Å². The fourth-order valence-electron chi connectivity index (χ4n) is 4.84. The van der Waals surface area contributed by atoms with Crippen molar-refractivity contribution in [2.75, 3.05) is 4.90 Å². The van der Waals surface area contributed by atoms with Gasteiger partial charge in [0.05, 0.1) is 22.9 Å². The third-order valence-electron chi connectivity index (χ3n) is 6.35. The van der Waals surface area contributed by atoms with Gasteiger partial charge in [-0.2, -0.15) is 0 Å². The van der Waals surface area contributed by atoms with Crippen molar-refractivity contribution in [1.82, 2.24) is 14.9 Å². The Labute approximate surface area is 200 Å². The van der Waals surface area contributed by atoms with Crippen molar-refractivity contribution in [1.29, 1.82) is 0 Å². The number of nitrogens with one attached hydrogen (secondary N) is 1. The topological polar surface area (TPSA) is 84.3 Å². The molecule has 0 radical (unpaired) electrons. The minimum atomic E-state index is -0.838. The molecule has 35 heavy (non-hydrogen) atoms. The minimum Gasteiger partial charge on any atom is -0.335 e. The van der Waals surface area contributed by atoms with E-state index in [4.69, 9.17) is 0 Å². The van der Waals surface area contributed by atoms with Gasteiger partial charge in [-0.05, 0) is 30.3 Å². The average Bonchev–Trinajstić information content (AvgIpc) is 3.36. The first-order valence-corrected chi connectivity index (χ1v) is 11.2. The van der Waals surface area contributed by atoms with E-state index in [1.54, 1.807) is 15.5 Å². The van der Waals surface area contributed by atoms with E-state index in [9.17, 15) is 14.4 Å². The van der Waals surface area contributed by atoms with E-state index in [0.717, 1.165) is 33.2 Å². The molecule has 7 heteroatoms. The number of fused-ring (bicyclic) bond motifs is 4. The molecule has 0 saturated carbocycles. The van der Waals surface area contributed by atoms with E-state index in [-0.39, 0.29) is 17.5 Å². The lowest BCUT2D eigenvalue weighted by molar-refractivity contribution is -0.119. The number of carbonyl (C=O) groups excluding carboxylic acids is 3. The Morgan fingerprint density at radius 1 is 0.857 bits per heavy atom. The summed E-state index contributed by atoms with van der Waals surface area (Å²) in [6.45, 7) is 1.49. The SMILES string of the molecule is CC(=O)n1c2ccccc2c2cc(C(=O)NC3C(=O)N(c4ccccc4)c4ccccc43)ncc21. The maximum atomic E-state index is 13.4. The number of benzene rings is 3. The largest absolute Gasteiger partial charge is 0.335 e. The van der Waals surface area contributed by atoms with Gasteiger partial charge in [-0.25, -0.2) is 4.98 Å². The lowest BCUT2D eigenvalue weighted by Crippen LogP contribution is -2.36. The highest BCUT2D eigenvalue weighted by molar-refractivity contribution is 6.15. The Hall–Kier alpha value is -4.78. The predicted octanol–water partition coefficient (Wildman–Crippen LogP) is 5.00. The monoisotopic (exact) mass is 460 g/mol. The van der Waals surface area contributed by atoms with Crippen molar-refractivity contribution in [2.45, 2.75) is 13.0 Å². The maximum Gasteiger partial charge on any atom is 0.270 e. The zero-order chi connectivity index (χ0) is 24.1. The lowest BCUT2D eigenvalue weighted by atomic mass is 10.1. The van der Waals surface area contributed by atoms with Gasteiger partial charge in [0.15, 0.2) is 0 Å². The van der Waals surface area contributed by atoms with Crippen LogP contribution in [-0.2, 0) is 4.79 Å². The number of rotatable bonds is 3. The van der Waals surface area contributed by atoms with Gasteiger partial charge in [0.25, 0.3) is 11.8 Å². The first-order chi connectivity index (χ1) is 17.0. The number of para-hydroxylation sites is 3. The molecule has 2 aromatic heterocycles. The first-order valence-electron chi connectivity index (χ1n) is 11.2. The highest BCUT2D eigenvalue weighted by Crippen LogP contribution is 2.40. The maximum absolute atomic E-state index is 13.4. The summed E-state index contributed by atoms with van der Waals surface area (Å²) in [5, 5.41) is 4.48. The Balaban J connectivity index is 1.39. The van der Waals surface area contributed by atoms with Crippen LogP contribution in [0.25, 0.3) is 21.8 Å². The minimum absolute atomic E-state index is 0.135. The standard InChI is InChI=1S/C28H20N4O3/c1-17(33)31-23-13-7-5-11-19(23)21-15-22(29-16-25(21)31)27(34)30-26-20-12-6-8-14-24(20)32(28(26)35)18-9-3-2-4-10-18/h2-16,26H,1H3,(H,30,34). The molecule has 1 atom stereocenters. The van der Waals surface area contributed by atoms with E-state index >= 15 is 0 Å². The zero-order valence-electron chi connectivity index (χ0n) is 18.8. The third kappa shape index (κ3) is 3.20. The molecule has 5 aromatic rings. The van der Waals surface area contributed by atoms with Gasteiger partial charge in [-0.15, -0.1) is 0 Å². The Bertz CT molecular complexity index is 1660. The smallest absolute Gasteiger partial charge is 0.270 e. The molecule has 0 saturated heterocycles. The highest BCUT2D eigenvalue weighted by Gasteiger charge is 2.39. The Kier molecular flexibility index (Phi) is 4.70. The highest BCUT2D eigenvalue weighted by atomic mass is 16.2.